The number of carbonyl (C=O) groups is 1. The van der Waals surface area contributed by atoms with E-state index in [0.29, 0.717) is 5.56 Å². The highest BCUT2D eigenvalue weighted by molar-refractivity contribution is 6.04. The number of carboxylic acid groups (broad SMARTS) is 1. The number of hydrogen-bond acceptors (Lipinski definition) is 2. The minimum absolute atomic E-state index is 0.445. The summed E-state index contributed by atoms with van der Waals surface area (Å²) in [6.45, 7) is 10.2. The molecule has 0 aliphatic carbocycles. The van der Waals surface area contributed by atoms with E-state index < -0.39 is 5.97 Å². The van der Waals surface area contributed by atoms with Crippen LogP contribution in [0.3, 0.4) is 0 Å². The molecular formula is C18H24N2O2. The standard InChI is InChI=1S/C18H24N2O2/c1-4-7-20-16-6-8-19(5-2)11-15(16)13-9-12(3)10-14(17(13)20)18(21)22/h9-10H,4-8,11H2,1-3H3,(H,21,22). The second-order valence-electron chi connectivity index (χ2n) is 6.21. The van der Waals surface area contributed by atoms with Crippen molar-refractivity contribution in [2.24, 2.45) is 0 Å². The SMILES string of the molecule is CCCn1c2c(c3cc(C)cc(C(=O)O)c31)CN(CC)CC2. The van der Waals surface area contributed by atoms with Crippen LogP contribution in [0.4, 0.5) is 0 Å². The van der Waals surface area contributed by atoms with E-state index >= 15 is 0 Å². The van der Waals surface area contributed by atoms with Crippen LogP contribution in [-0.4, -0.2) is 33.6 Å². The highest BCUT2D eigenvalue weighted by Gasteiger charge is 2.26. The maximum Gasteiger partial charge on any atom is 0.337 e. The van der Waals surface area contributed by atoms with Crippen LogP contribution >= 0.6 is 0 Å². The molecule has 4 nitrogen and oxygen atoms in total. The van der Waals surface area contributed by atoms with Crippen molar-refractivity contribution < 1.29 is 9.90 Å². The van der Waals surface area contributed by atoms with Crippen molar-refractivity contribution in [3.63, 3.8) is 0 Å². The molecule has 22 heavy (non-hydrogen) atoms. The van der Waals surface area contributed by atoms with Gasteiger partial charge in [0.05, 0.1) is 11.1 Å². The summed E-state index contributed by atoms with van der Waals surface area (Å²) in [7, 11) is 0. The van der Waals surface area contributed by atoms with Gasteiger partial charge in [-0.05, 0) is 43.1 Å². The van der Waals surface area contributed by atoms with Gasteiger partial charge in [0.1, 0.15) is 0 Å². The van der Waals surface area contributed by atoms with Crippen LogP contribution in [0, 0.1) is 6.92 Å². The fourth-order valence-electron chi connectivity index (χ4n) is 3.69. The van der Waals surface area contributed by atoms with Crippen molar-refractivity contribution in [3.05, 3.63) is 34.5 Å². The number of benzene rings is 1. The van der Waals surface area contributed by atoms with Gasteiger partial charge in [0.15, 0.2) is 0 Å². The zero-order valence-corrected chi connectivity index (χ0v) is 13.6. The van der Waals surface area contributed by atoms with Crippen LogP contribution in [0.1, 0.15) is 47.4 Å². The third-order valence-electron chi connectivity index (χ3n) is 4.69. The highest BCUT2D eigenvalue weighted by Crippen LogP contribution is 2.34. The predicted octanol–water partition coefficient (Wildman–Crippen LogP) is 3.44. The van der Waals surface area contributed by atoms with Crippen LogP contribution in [0.5, 0.6) is 0 Å². The number of rotatable bonds is 4. The molecule has 0 radical (unpaired) electrons. The number of fused-ring (bicyclic) bond motifs is 3. The Balaban J connectivity index is 2.32. The quantitative estimate of drug-likeness (QED) is 0.941. The number of nitrogens with zero attached hydrogens (tertiary/aromatic N) is 2. The second-order valence-corrected chi connectivity index (χ2v) is 6.21. The number of likely N-dealkylation sites (N-methyl/N-ethyl adjacent to an activating group) is 1. The average Bonchev–Trinajstić information content (AvgIpc) is 2.80. The molecule has 0 amide bonds. The van der Waals surface area contributed by atoms with E-state index in [4.69, 9.17) is 0 Å². The first kappa shape index (κ1) is 15.1. The van der Waals surface area contributed by atoms with Gasteiger partial charge in [0.2, 0.25) is 0 Å². The highest BCUT2D eigenvalue weighted by atomic mass is 16.4. The van der Waals surface area contributed by atoms with E-state index in [1.54, 1.807) is 6.07 Å². The van der Waals surface area contributed by atoms with Crippen molar-refractivity contribution in [2.45, 2.75) is 46.7 Å². The second kappa shape index (κ2) is 5.76. The summed E-state index contributed by atoms with van der Waals surface area (Å²) in [6, 6.07) is 3.96. The molecule has 1 aliphatic heterocycles. The topological polar surface area (TPSA) is 45.5 Å². The number of aromatic carboxylic acids is 1. The number of aryl methyl sites for hydroxylation is 2. The number of carboxylic acids is 1. The van der Waals surface area contributed by atoms with Crippen molar-refractivity contribution >= 4 is 16.9 Å². The lowest BCUT2D eigenvalue weighted by Crippen LogP contribution is -2.30. The smallest absolute Gasteiger partial charge is 0.337 e. The molecule has 0 atom stereocenters. The molecule has 0 bridgehead atoms. The van der Waals surface area contributed by atoms with E-state index in [2.05, 4.69) is 29.4 Å². The van der Waals surface area contributed by atoms with E-state index in [9.17, 15) is 9.90 Å². The summed E-state index contributed by atoms with van der Waals surface area (Å²) in [5, 5.41) is 10.8. The first-order valence-corrected chi connectivity index (χ1v) is 8.17. The fraction of sp³-hybridized carbons (Fsp3) is 0.500. The summed E-state index contributed by atoms with van der Waals surface area (Å²) in [5.74, 6) is -0.826. The van der Waals surface area contributed by atoms with Gasteiger partial charge in [-0.3, -0.25) is 4.90 Å². The molecule has 1 aromatic carbocycles. The first-order valence-electron chi connectivity index (χ1n) is 8.17. The molecule has 1 aromatic heterocycles. The van der Waals surface area contributed by atoms with Crippen molar-refractivity contribution in [1.82, 2.24) is 9.47 Å². The third-order valence-corrected chi connectivity index (χ3v) is 4.69. The molecule has 3 rings (SSSR count). The van der Waals surface area contributed by atoms with E-state index in [0.717, 1.165) is 55.5 Å². The van der Waals surface area contributed by atoms with Crippen molar-refractivity contribution in [1.29, 1.82) is 0 Å². The van der Waals surface area contributed by atoms with E-state index in [1.165, 1.54) is 11.3 Å². The van der Waals surface area contributed by atoms with E-state index in [1.807, 2.05) is 6.92 Å². The van der Waals surface area contributed by atoms with Crippen LogP contribution < -0.4 is 0 Å². The molecule has 2 heterocycles. The lowest BCUT2D eigenvalue weighted by atomic mass is 10.0. The van der Waals surface area contributed by atoms with Gasteiger partial charge in [0, 0.05) is 37.1 Å². The third kappa shape index (κ3) is 2.31. The molecule has 0 spiro atoms. The first-order chi connectivity index (χ1) is 10.6. The minimum atomic E-state index is -0.826. The Morgan fingerprint density at radius 1 is 1.32 bits per heavy atom. The Kier molecular flexibility index (Phi) is 3.96. The molecule has 2 aromatic rings. The Labute approximate surface area is 131 Å². The zero-order chi connectivity index (χ0) is 15.9. The summed E-state index contributed by atoms with van der Waals surface area (Å²) < 4.78 is 2.26. The maximum absolute atomic E-state index is 11.7. The Hall–Kier alpha value is -1.81. The van der Waals surface area contributed by atoms with Crippen LogP contribution in [0.2, 0.25) is 0 Å². The molecule has 1 aliphatic rings. The summed E-state index contributed by atoms with van der Waals surface area (Å²) in [5.41, 5.74) is 5.07. The molecule has 0 saturated carbocycles. The fourth-order valence-corrected chi connectivity index (χ4v) is 3.69. The normalized spacial score (nSPS) is 15.2. The monoisotopic (exact) mass is 300 g/mol. The lowest BCUT2D eigenvalue weighted by Gasteiger charge is -2.26. The number of hydrogen-bond donors (Lipinski definition) is 1. The van der Waals surface area contributed by atoms with Crippen LogP contribution in [0.25, 0.3) is 10.9 Å². The zero-order valence-electron chi connectivity index (χ0n) is 13.6. The molecule has 0 saturated heterocycles. The maximum atomic E-state index is 11.7. The molecule has 1 N–H and O–H groups in total. The van der Waals surface area contributed by atoms with E-state index in [-0.39, 0.29) is 0 Å². The van der Waals surface area contributed by atoms with Gasteiger partial charge in [-0.25, -0.2) is 4.79 Å². The minimum Gasteiger partial charge on any atom is -0.478 e. The number of aromatic nitrogens is 1. The Bertz CT molecular complexity index is 730. The largest absolute Gasteiger partial charge is 0.478 e. The molecule has 4 heteroatoms. The van der Waals surface area contributed by atoms with Gasteiger partial charge in [-0.2, -0.15) is 0 Å². The van der Waals surface area contributed by atoms with Crippen LogP contribution in [-0.2, 0) is 19.5 Å². The average molecular weight is 300 g/mol. The summed E-state index contributed by atoms with van der Waals surface area (Å²) in [4.78, 5) is 14.2. The molecule has 118 valence electrons. The van der Waals surface area contributed by atoms with Gasteiger partial charge in [-0.15, -0.1) is 0 Å². The van der Waals surface area contributed by atoms with Crippen LogP contribution in [0.15, 0.2) is 12.1 Å². The van der Waals surface area contributed by atoms with Crippen molar-refractivity contribution in [2.75, 3.05) is 13.1 Å². The molecule has 0 unspecified atom stereocenters. The summed E-state index contributed by atoms with van der Waals surface area (Å²) in [6.07, 6.45) is 2.02. The van der Waals surface area contributed by atoms with Gasteiger partial charge in [0.25, 0.3) is 0 Å². The summed E-state index contributed by atoms with van der Waals surface area (Å²) >= 11 is 0. The Morgan fingerprint density at radius 2 is 2.09 bits per heavy atom. The van der Waals surface area contributed by atoms with Gasteiger partial charge < -0.3 is 9.67 Å². The van der Waals surface area contributed by atoms with Gasteiger partial charge >= 0.3 is 5.97 Å². The lowest BCUT2D eigenvalue weighted by molar-refractivity contribution is 0.0698. The molecular weight excluding hydrogens is 276 g/mol. The molecule has 0 fully saturated rings. The van der Waals surface area contributed by atoms with Crippen molar-refractivity contribution in [3.8, 4) is 0 Å². The predicted molar refractivity (Wildman–Crippen MR) is 88.6 cm³/mol. The Morgan fingerprint density at radius 3 is 2.73 bits per heavy atom. The van der Waals surface area contributed by atoms with Gasteiger partial charge in [-0.1, -0.05) is 13.8 Å².